The number of carbonyl (C=O) groups excluding carboxylic acids is 1. The monoisotopic (exact) mass is 255 g/mol. The number of nitrogens with zero attached hydrogens (tertiary/aromatic N) is 1. The van der Waals surface area contributed by atoms with Crippen LogP contribution in [0.3, 0.4) is 0 Å². The molecule has 1 heterocycles. The Morgan fingerprint density at radius 3 is 2.83 bits per heavy atom. The highest BCUT2D eigenvalue weighted by molar-refractivity contribution is 5.95. The summed E-state index contributed by atoms with van der Waals surface area (Å²) < 4.78 is 4.73. The van der Waals surface area contributed by atoms with Crippen molar-refractivity contribution in [2.75, 3.05) is 20.3 Å². The van der Waals surface area contributed by atoms with E-state index in [1.54, 1.807) is 13.8 Å². The van der Waals surface area contributed by atoms with E-state index < -0.39 is 17.6 Å². The van der Waals surface area contributed by atoms with Crippen molar-refractivity contribution in [2.45, 2.75) is 20.0 Å². The van der Waals surface area contributed by atoms with Gasteiger partial charge in [-0.15, -0.1) is 0 Å². The number of ether oxygens (including phenoxy) is 1. The van der Waals surface area contributed by atoms with Crippen LogP contribution in [0.4, 0.5) is 0 Å². The Kier molecular flexibility index (Phi) is 4.99. The number of H-pyrrole nitrogens is 1. The van der Waals surface area contributed by atoms with E-state index in [1.807, 2.05) is 0 Å². The predicted octanol–water partition coefficient (Wildman–Crippen LogP) is -0.876. The molecule has 100 valence electrons. The average Bonchev–Trinajstić information content (AvgIpc) is 2.32. The van der Waals surface area contributed by atoms with Gasteiger partial charge in [-0.1, -0.05) is 0 Å². The number of aliphatic hydroxyl groups excluding tert-OH is 1. The predicted molar refractivity (Wildman–Crippen MR) is 64.5 cm³/mol. The van der Waals surface area contributed by atoms with Crippen molar-refractivity contribution in [3.05, 3.63) is 27.2 Å². The first-order chi connectivity index (χ1) is 8.47. The fourth-order valence-electron chi connectivity index (χ4n) is 1.45. The first kappa shape index (κ1) is 14.3. The van der Waals surface area contributed by atoms with Gasteiger partial charge in [-0.3, -0.25) is 9.59 Å². The van der Waals surface area contributed by atoms with Crippen LogP contribution in [-0.4, -0.2) is 47.6 Å². The fourth-order valence-corrected chi connectivity index (χ4v) is 1.45. The summed E-state index contributed by atoms with van der Waals surface area (Å²) in [5, 5.41) is 17.9. The van der Waals surface area contributed by atoms with E-state index in [1.165, 1.54) is 7.11 Å². The zero-order valence-electron chi connectivity index (χ0n) is 10.6. The van der Waals surface area contributed by atoms with Crippen LogP contribution in [0.5, 0.6) is 0 Å². The number of methoxy groups -OCH3 is 1. The first-order valence-electron chi connectivity index (χ1n) is 5.48. The summed E-state index contributed by atoms with van der Waals surface area (Å²) in [5.74, 6) is -0.533. The van der Waals surface area contributed by atoms with E-state index in [4.69, 9.17) is 4.74 Å². The van der Waals surface area contributed by atoms with Crippen molar-refractivity contribution in [1.82, 2.24) is 15.5 Å². The molecule has 0 fully saturated rings. The van der Waals surface area contributed by atoms with Crippen LogP contribution in [0.2, 0.25) is 0 Å². The van der Waals surface area contributed by atoms with Crippen LogP contribution in [0.15, 0.2) is 4.79 Å². The summed E-state index contributed by atoms with van der Waals surface area (Å²) in [4.78, 5) is 23.4. The third-order valence-electron chi connectivity index (χ3n) is 2.55. The molecule has 1 aromatic heterocycles. The minimum atomic E-state index is -0.804. The molecule has 0 aliphatic rings. The molecule has 0 aliphatic carbocycles. The van der Waals surface area contributed by atoms with Crippen molar-refractivity contribution in [2.24, 2.45) is 0 Å². The highest BCUT2D eigenvalue weighted by Crippen LogP contribution is 2.04. The topological polar surface area (TPSA) is 104 Å². The van der Waals surface area contributed by atoms with E-state index >= 15 is 0 Å². The number of aromatic amines is 1. The molecule has 1 atom stereocenters. The first-order valence-corrected chi connectivity index (χ1v) is 5.48. The third kappa shape index (κ3) is 3.38. The van der Waals surface area contributed by atoms with Gasteiger partial charge in [0.25, 0.3) is 11.5 Å². The van der Waals surface area contributed by atoms with Crippen LogP contribution in [-0.2, 0) is 4.74 Å². The molecule has 1 aromatic rings. The van der Waals surface area contributed by atoms with Crippen LogP contribution < -0.4 is 10.9 Å². The summed E-state index contributed by atoms with van der Waals surface area (Å²) in [6, 6.07) is 0. The molecule has 18 heavy (non-hydrogen) atoms. The van der Waals surface area contributed by atoms with Gasteiger partial charge < -0.3 is 15.2 Å². The lowest BCUT2D eigenvalue weighted by Gasteiger charge is -2.11. The number of hydrogen-bond donors (Lipinski definition) is 3. The third-order valence-corrected chi connectivity index (χ3v) is 2.55. The number of aromatic nitrogens is 2. The molecule has 0 aromatic carbocycles. The molecule has 7 nitrogen and oxygen atoms in total. The number of nitrogens with one attached hydrogen (secondary N) is 2. The van der Waals surface area contributed by atoms with Crippen LogP contribution >= 0.6 is 0 Å². The number of amides is 1. The molecule has 0 saturated carbocycles. The quantitative estimate of drug-likeness (QED) is 0.634. The molecule has 0 bridgehead atoms. The largest absolute Gasteiger partial charge is 0.389 e. The average molecular weight is 255 g/mol. The van der Waals surface area contributed by atoms with Gasteiger partial charge in [-0.2, -0.15) is 5.10 Å². The zero-order chi connectivity index (χ0) is 13.7. The maximum absolute atomic E-state index is 11.8. The number of hydrogen-bond acceptors (Lipinski definition) is 5. The van der Waals surface area contributed by atoms with E-state index in [0.717, 1.165) is 0 Å². The van der Waals surface area contributed by atoms with Crippen molar-refractivity contribution >= 4 is 5.91 Å². The van der Waals surface area contributed by atoms with Crippen LogP contribution in [0, 0.1) is 13.8 Å². The Morgan fingerprint density at radius 2 is 2.22 bits per heavy atom. The van der Waals surface area contributed by atoms with E-state index in [0.29, 0.717) is 11.3 Å². The molecule has 0 saturated heterocycles. The Balaban J connectivity index is 2.79. The van der Waals surface area contributed by atoms with Crippen molar-refractivity contribution < 1.29 is 14.6 Å². The van der Waals surface area contributed by atoms with Crippen LogP contribution in [0.1, 0.15) is 21.6 Å². The highest BCUT2D eigenvalue weighted by Gasteiger charge is 2.16. The van der Waals surface area contributed by atoms with Gasteiger partial charge in [0.15, 0.2) is 0 Å². The van der Waals surface area contributed by atoms with Crippen LogP contribution in [0.25, 0.3) is 0 Å². The Hall–Kier alpha value is -1.73. The van der Waals surface area contributed by atoms with Gasteiger partial charge in [0, 0.05) is 13.7 Å². The van der Waals surface area contributed by atoms with Gasteiger partial charge >= 0.3 is 0 Å². The smallest absolute Gasteiger partial charge is 0.277 e. The molecule has 7 heteroatoms. The molecular weight excluding hydrogens is 238 g/mol. The minimum absolute atomic E-state index is 0.0205. The molecule has 1 unspecified atom stereocenters. The molecule has 0 radical (unpaired) electrons. The Morgan fingerprint density at radius 1 is 1.56 bits per heavy atom. The second kappa shape index (κ2) is 6.27. The summed E-state index contributed by atoms with van der Waals surface area (Å²) >= 11 is 0. The second-order valence-electron chi connectivity index (χ2n) is 3.96. The van der Waals surface area contributed by atoms with Crippen molar-refractivity contribution in [3.63, 3.8) is 0 Å². The molecule has 1 amide bonds. The summed E-state index contributed by atoms with van der Waals surface area (Å²) in [5.41, 5.74) is 0.582. The molecular formula is C11H17N3O4. The summed E-state index contributed by atoms with van der Waals surface area (Å²) in [6.07, 6.45) is -0.804. The minimum Gasteiger partial charge on any atom is -0.389 e. The zero-order valence-corrected chi connectivity index (χ0v) is 10.6. The highest BCUT2D eigenvalue weighted by atomic mass is 16.5. The standard InChI is InChI=1S/C11H17N3O4/c1-6-7(2)13-14-11(17)9(6)10(16)12-4-8(15)5-18-3/h8,15H,4-5H2,1-3H3,(H,12,16)(H,14,17). The van der Waals surface area contributed by atoms with Crippen molar-refractivity contribution in [1.29, 1.82) is 0 Å². The lowest BCUT2D eigenvalue weighted by molar-refractivity contribution is 0.0609. The van der Waals surface area contributed by atoms with Gasteiger partial charge in [0.05, 0.1) is 18.4 Å². The molecule has 1 rings (SSSR count). The maximum Gasteiger partial charge on any atom is 0.277 e. The second-order valence-corrected chi connectivity index (χ2v) is 3.96. The van der Waals surface area contributed by atoms with Gasteiger partial charge in [-0.05, 0) is 19.4 Å². The maximum atomic E-state index is 11.8. The fraction of sp³-hybridized carbons (Fsp3) is 0.545. The van der Waals surface area contributed by atoms with E-state index in [2.05, 4.69) is 15.5 Å². The summed E-state index contributed by atoms with van der Waals surface area (Å²) in [7, 11) is 1.45. The molecule has 3 N–H and O–H groups in total. The Labute approximate surface area is 104 Å². The number of aliphatic hydroxyl groups is 1. The van der Waals surface area contributed by atoms with Gasteiger partial charge in [0.1, 0.15) is 5.56 Å². The Bertz CT molecular complexity index is 484. The number of rotatable bonds is 5. The lowest BCUT2D eigenvalue weighted by atomic mass is 10.1. The van der Waals surface area contributed by atoms with E-state index in [-0.39, 0.29) is 18.7 Å². The van der Waals surface area contributed by atoms with Gasteiger partial charge in [0.2, 0.25) is 0 Å². The number of aryl methyl sites for hydroxylation is 1. The SMILES string of the molecule is COCC(O)CNC(=O)c1c(C)c(C)n[nH]c1=O. The summed E-state index contributed by atoms with van der Waals surface area (Å²) in [6.45, 7) is 3.48. The normalized spacial score (nSPS) is 12.2. The molecule has 0 aliphatic heterocycles. The van der Waals surface area contributed by atoms with E-state index in [9.17, 15) is 14.7 Å². The lowest BCUT2D eigenvalue weighted by Crippen LogP contribution is -2.37. The molecule has 0 spiro atoms. The number of carbonyl (C=O) groups is 1. The van der Waals surface area contributed by atoms with Crippen molar-refractivity contribution in [3.8, 4) is 0 Å². The van der Waals surface area contributed by atoms with Gasteiger partial charge in [-0.25, -0.2) is 5.10 Å².